The first kappa shape index (κ1) is 25.0. The van der Waals surface area contributed by atoms with Gasteiger partial charge in [-0.25, -0.2) is 0 Å². The highest BCUT2D eigenvalue weighted by molar-refractivity contribution is 6.99. The molecular formula is C29H32O5Si. The molecule has 0 aromatic heterocycles. The molecule has 35 heavy (non-hydrogen) atoms. The summed E-state index contributed by atoms with van der Waals surface area (Å²) in [5.74, 6) is -0.583. The van der Waals surface area contributed by atoms with E-state index in [9.17, 15) is 14.7 Å². The van der Waals surface area contributed by atoms with Crippen molar-refractivity contribution < 1.29 is 23.9 Å². The van der Waals surface area contributed by atoms with Crippen molar-refractivity contribution in [3.8, 4) is 0 Å². The van der Waals surface area contributed by atoms with Gasteiger partial charge >= 0.3 is 0 Å². The van der Waals surface area contributed by atoms with Crippen LogP contribution in [0.15, 0.2) is 96.0 Å². The van der Waals surface area contributed by atoms with E-state index < -0.39 is 25.5 Å². The lowest BCUT2D eigenvalue weighted by atomic mass is 9.80. The molecule has 0 bridgehead atoms. The van der Waals surface area contributed by atoms with Crippen LogP contribution in [0, 0.1) is 0 Å². The van der Waals surface area contributed by atoms with Crippen molar-refractivity contribution >= 4 is 30.3 Å². The number of rotatable bonds is 7. The van der Waals surface area contributed by atoms with Gasteiger partial charge in [-0.2, -0.15) is 0 Å². The molecule has 0 saturated heterocycles. The molecule has 6 heteroatoms. The molecule has 0 unspecified atom stereocenters. The number of ether oxygens (including phenoxy) is 1. The topological polar surface area (TPSA) is 72.8 Å². The summed E-state index contributed by atoms with van der Waals surface area (Å²) in [7, 11) is -2.60. The molecule has 1 aliphatic carbocycles. The molecule has 0 amide bonds. The van der Waals surface area contributed by atoms with Gasteiger partial charge in [-0.3, -0.25) is 9.59 Å². The van der Waals surface area contributed by atoms with Crippen LogP contribution in [0.25, 0.3) is 0 Å². The van der Waals surface area contributed by atoms with Crippen molar-refractivity contribution in [1.29, 1.82) is 0 Å². The van der Waals surface area contributed by atoms with Gasteiger partial charge in [0, 0.05) is 13.0 Å². The molecular weight excluding hydrogens is 456 g/mol. The summed E-state index contributed by atoms with van der Waals surface area (Å²) in [6.45, 7) is 8.49. The standard InChI is InChI=1S/C29H32O5Si/c1-28(2,3)35(23-13-7-5-8-14-23,24-15-9-6-10-16-24)34-17-11-12-22-18-21-19-26(30)29(4,32)27(31)25(21)20-33-22/h5-10,13-16,18-20,32H,11-12,17H2,1-4H3/t29-/m0/s1. The average Bonchev–Trinajstić information content (AvgIpc) is 2.83. The maximum absolute atomic E-state index is 12.4. The third-order valence-corrected chi connectivity index (χ3v) is 11.8. The summed E-state index contributed by atoms with van der Waals surface area (Å²) >= 11 is 0. The van der Waals surface area contributed by atoms with Crippen LogP contribution >= 0.6 is 0 Å². The number of allylic oxidation sites excluding steroid dienone is 3. The van der Waals surface area contributed by atoms with Gasteiger partial charge < -0.3 is 14.3 Å². The first-order valence-corrected chi connectivity index (χ1v) is 13.8. The van der Waals surface area contributed by atoms with Crippen molar-refractivity contribution in [2.45, 2.75) is 51.2 Å². The van der Waals surface area contributed by atoms with Crippen molar-refractivity contribution in [2.24, 2.45) is 0 Å². The van der Waals surface area contributed by atoms with Crippen LogP contribution in [-0.2, 0) is 18.8 Å². The number of ketones is 2. The zero-order valence-corrected chi connectivity index (χ0v) is 21.7. The van der Waals surface area contributed by atoms with E-state index >= 15 is 0 Å². The number of hydrogen-bond acceptors (Lipinski definition) is 5. The van der Waals surface area contributed by atoms with Crippen LogP contribution in [0.3, 0.4) is 0 Å². The van der Waals surface area contributed by atoms with Gasteiger partial charge in [0.2, 0.25) is 5.78 Å². The lowest BCUT2D eigenvalue weighted by Gasteiger charge is -2.43. The summed E-state index contributed by atoms with van der Waals surface area (Å²) in [4.78, 5) is 24.6. The first-order valence-electron chi connectivity index (χ1n) is 11.9. The van der Waals surface area contributed by atoms with Gasteiger partial charge in [-0.1, -0.05) is 81.4 Å². The highest BCUT2D eigenvalue weighted by Crippen LogP contribution is 2.37. The number of carbonyl (C=O) groups is 2. The summed E-state index contributed by atoms with van der Waals surface area (Å²) < 4.78 is 12.6. The Bertz CT molecular complexity index is 1160. The predicted molar refractivity (Wildman–Crippen MR) is 139 cm³/mol. The van der Waals surface area contributed by atoms with Crippen LogP contribution in [0.5, 0.6) is 0 Å². The fraction of sp³-hybridized carbons (Fsp3) is 0.310. The van der Waals surface area contributed by atoms with E-state index in [4.69, 9.17) is 9.16 Å². The molecule has 0 fully saturated rings. The van der Waals surface area contributed by atoms with Crippen molar-refractivity contribution in [2.75, 3.05) is 6.61 Å². The third kappa shape index (κ3) is 4.61. The number of carbonyl (C=O) groups excluding carboxylic acids is 2. The Morgan fingerprint density at radius 1 is 0.943 bits per heavy atom. The van der Waals surface area contributed by atoms with Crippen LogP contribution in [-0.4, -0.2) is 37.2 Å². The Balaban J connectivity index is 1.53. The van der Waals surface area contributed by atoms with Crippen molar-refractivity contribution in [1.82, 2.24) is 0 Å². The van der Waals surface area contributed by atoms with E-state index in [2.05, 4.69) is 69.3 Å². The summed E-state index contributed by atoms with van der Waals surface area (Å²) in [6, 6.07) is 21.0. The average molecular weight is 489 g/mol. The fourth-order valence-corrected chi connectivity index (χ4v) is 9.42. The fourth-order valence-electron chi connectivity index (χ4n) is 4.81. The number of hydrogen-bond donors (Lipinski definition) is 1. The summed E-state index contributed by atoms with van der Waals surface area (Å²) in [5, 5.41) is 12.5. The lowest BCUT2D eigenvalue weighted by molar-refractivity contribution is -0.144. The molecule has 0 spiro atoms. The quantitative estimate of drug-likeness (QED) is 0.363. The van der Waals surface area contributed by atoms with E-state index in [0.717, 1.165) is 0 Å². The van der Waals surface area contributed by atoms with E-state index in [1.807, 2.05) is 12.1 Å². The van der Waals surface area contributed by atoms with E-state index in [1.54, 1.807) is 6.08 Å². The van der Waals surface area contributed by atoms with Crippen molar-refractivity contribution in [3.05, 3.63) is 96.0 Å². The van der Waals surface area contributed by atoms with Crippen molar-refractivity contribution in [3.63, 3.8) is 0 Å². The Morgan fingerprint density at radius 3 is 2.06 bits per heavy atom. The predicted octanol–water partition coefficient (Wildman–Crippen LogP) is 3.97. The van der Waals surface area contributed by atoms with Gasteiger partial charge in [-0.05, 0) is 46.5 Å². The Hall–Kier alpha value is -3.06. The second-order valence-corrected chi connectivity index (χ2v) is 14.5. The van der Waals surface area contributed by atoms with E-state index in [-0.39, 0.29) is 10.6 Å². The van der Waals surface area contributed by atoms with Crippen LogP contribution in [0.1, 0.15) is 40.5 Å². The third-order valence-electron chi connectivity index (χ3n) is 6.71. The minimum absolute atomic E-state index is 0.0987. The molecule has 1 aliphatic heterocycles. The minimum Gasteiger partial charge on any atom is -0.469 e. The molecule has 182 valence electrons. The van der Waals surface area contributed by atoms with E-state index in [0.29, 0.717) is 30.8 Å². The Labute approximate surface area is 207 Å². The molecule has 2 aliphatic rings. The zero-order valence-electron chi connectivity index (χ0n) is 20.7. The van der Waals surface area contributed by atoms with Crippen LogP contribution < -0.4 is 10.4 Å². The van der Waals surface area contributed by atoms with E-state index in [1.165, 1.54) is 29.6 Å². The first-order chi connectivity index (χ1) is 16.6. The van der Waals surface area contributed by atoms with Crippen LogP contribution in [0.2, 0.25) is 5.04 Å². The normalized spacial score (nSPS) is 20.4. The zero-order chi connectivity index (χ0) is 25.3. The molecule has 0 radical (unpaired) electrons. The Morgan fingerprint density at radius 2 is 1.51 bits per heavy atom. The number of benzene rings is 2. The lowest BCUT2D eigenvalue weighted by Crippen LogP contribution is -2.66. The Kier molecular flexibility index (Phi) is 6.82. The molecule has 1 heterocycles. The smallest absolute Gasteiger partial charge is 0.261 e. The van der Waals surface area contributed by atoms with Gasteiger partial charge in [0.25, 0.3) is 8.32 Å². The highest BCUT2D eigenvalue weighted by atomic mass is 28.4. The second kappa shape index (κ2) is 9.53. The highest BCUT2D eigenvalue weighted by Gasteiger charge is 2.50. The largest absolute Gasteiger partial charge is 0.469 e. The molecule has 1 atom stereocenters. The second-order valence-electron chi connectivity index (χ2n) is 10.2. The molecule has 0 saturated carbocycles. The monoisotopic (exact) mass is 488 g/mol. The molecule has 2 aromatic carbocycles. The maximum Gasteiger partial charge on any atom is 0.261 e. The van der Waals surface area contributed by atoms with Gasteiger partial charge in [-0.15, -0.1) is 0 Å². The minimum atomic E-state index is -2.60. The summed E-state index contributed by atoms with van der Waals surface area (Å²) in [5.41, 5.74) is -1.32. The van der Waals surface area contributed by atoms with Gasteiger partial charge in [0.1, 0.15) is 12.0 Å². The number of fused-ring (bicyclic) bond motifs is 1. The van der Waals surface area contributed by atoms with Gasteiger partial charge in [0.15, 0.2) is 11.4 Å². The maximum atomic E-state index is 12.4. The molecule has 2 aromatic rings. The molecule has 5 nitrogen and oxygen atoms in total. The van der Waals surface area contributed by atoms with Gasteiger partial charge in [0.05, 0.1) is 5.57 Å². The van der Waals surface area contributed by atoms with Crippen LogP contribution in [0.4, 0.5) is 0 Å². The summed E-state index contributed by atoms with van der Waals surface area (Å²) in [6.07, 6.45) is 5.68. The number of aliphatic hydroxyl groups is 1. The number of Topliss-reactive ketones (excluding diaryl/α,β-unsaturated/α-hetero) is 1. The SMILES string of the molecule is CC(C)(C)[Si](OCCCC1=CC2=CC(=O)[C@](C)(O)C(=O)C2=CO1)(c1ccccc1)c1ccccc1. The molecule has 1 N–H and O–H groups in total. The molecule has 4 rings (SSSR count).